The predicted molar refractivity (Wildman–Crippen MR) is 81.5 cm³/mol. The Morgan fingerprint density at radius 3 is 2.53 bits per heavy atom. The van der Waals surface area contributed by atoms with Crippen LogP contribution in [0.4, 0.5) is 5.82 Å². The topological polar surface area (TPSA) is 64.3 Å². The van der Waals surface area contributed by atoms with Gasteiger partial charge in [0, 0.05) is 32.1 Å². The number of aromatic nitrogens is 2. The highest BCUT2D eigenvalue weighted by molar-refractivity contribution is 7.80. The quantitative estimate of drug-likeness (QED) is 0.733. The van der Waals surface area contributed by atoms with E-state index in [-0.39, 0.29) is 4.99 Å². The van der Waals surface area contributed by atoms with Gasteiger partial charge in [-0.05, 0) is 12.8 Å². The highest BCUT2D eigenvalue weighted by Gasteiger charge is 2.21. The summed E-state index contributed by atoms with van der Waals surface area (Å²) < 4.78 is 5.18. The van der Waals surface area contributed by atoms with E-state index in [1.807, 2.05) is 0 Å². The van der Waals surface area contributed by atoms with Crippen molar-refractivity contribution in [3.8, 4) is 0 Å². The van der Waals surface area contributed by atoms with Crippen LogP contribution in [0.2, 0.25) is 0 Å². The second-order valence-electron chi connectivity index (χ2n) is 4.25. The minimum atomic E-state index is 0.275. The molecule has 2 N–H and O–H groups in total. The van der Waals surface area contributed by atoms with Crippen molar-refractivity contribution in [2.45, 2.75) is 32.7 Å². The first-order valence-corrected chi connectivity index (χ1v) is 6.92. The van der Waals surface area contributed by atoms with E-state index in [0.29, 0.717) is 18.3 Å². The molecule has 106 valence electrons. The van der Waals surface area contributed by atoms with Crippen LogP contribution in [0.5, 0.6) is 0 Å². The van der Waals surface area contributed by atoms with Gasteiger partial charge >= 0.3 is 0 Å². The number of hydrogen-bond donors (Lipinski definition) is 1. The van der Waals surface area contributed by atoms with Crippen LogP contribution in [0.15, 0.2) is 12.4 Å². The van der Waals surface area contributed by atoms with Gasteiger partial charge < -0.3 is 15.4 Å². The molecule has 0 amide bonds. The van der Waals surface area contributed by atoms with Crippen molar-refractivity contribution in [2.24, 2.45) is 5.73 Å². The van der Waals surface area contributed by atoms with Crippen LogP contribution in [0.25, 0.3) is 0 Å². The number of hydrogen-bond acceptors (Lipinski definition) is 5. The maximum absolute atomic E-state index is 5.74. The average molecular weight is 282 g/mol. The molecule has 0 bridgehead atoms. The molecule has 1 heterocycles. The number of nitrogens with two attached hydrogens (primary N) is 1. The van der Waals surface area contributed by atoms with Gasteiger partial charge in [-0.3, -0.25) is 0 Å². The Balaban J connectivity index is 3.12. The Morgan fingerprint density at radius 2 is 2.00 bits per heavy atom. The van der Waals surface area contributed by atoms with E-state index in [9.17, 15) is 0 Å². The number of nitrogens with zero attached hydrogens (tertiary/aromatic N) is 3. The summed E-state index contributed by atoms with van der Waals surface area (Å²) in [6, 6.07) is 0.375. The summed E-state index contributed by atoms with van der Waals surface area (Å²) in [4.78, 5) is 11.1. The lowest BCUT2D eigenvalue weighted by Crippen LogP contribution is -2.39. The molecule has 0 spiro atoms. The molecule has 1 rings (SSSR count). The zero-order valence-electron chi connectivity index (χ0n) is 11.8. The molecule has 0 radical (unpaired) electrons. The zero-order valence-corrected chi connectivity index (χ0v) is 12.6. The van der Waals surface area contributed by atoms with Crippen molar-refractivity contribution in [1.29, 1.82) is 0 Å². The fourth-order valence-corrected chi connectivity index (χ4v) is 2.24. The summed E-state index contributed by atoms with van der Waals surface area (Å²) in [6.45, 7) is 5.69. The van der Waals surface area contributed by atoms with E-state index >= 15 is 0 Å². The Bertz CT molecular complexity index is 409. The van der Waals surface area contributed by atoms with Gasteiger partial charge in [0.05, 0.1) is 6.61 Å². The van der Waals surface area contributed by atoms with E-state index < -0.39 is 0 Å². The molecule has 0 aromatic carbocycles. The summed E-state index contributed by atoms with van der Waals surface area (Å²) in [7, 11) is 1.69. The third-order valence-corrected chi connectivity index (χ3v) is 3.30. The van der Waals surface area contributed by atoms with E-state index in [4.69, 9.17) is 22.7 Å². The molecule has 6 heteroatoms. The first kappa shape index (κ1) is 15.8. The van der Waals surface area contributed by atoms with Crippen LogP contribution < -0.4 is 10.6 Å². The molecular formula is C13H22N4OS. The van der Waals surface area contributed by atoms with Crippen molar-refractivity contribution in [2.75, 3.05) is 25.2 Å². The molecule has 0 aliphatic heterocycles. The highest BCUT2D eigenvalue weighted by atomic mass is 32.1. The van der Waals surface area contributed by atoms with Gasteiger partial charge in [0.15, 0.2) is 5.82 Å². The van der Waals surface area contributed by atoms with E-state index in [0.717, 1.165) is 25.2 Å². The SMILES string of the molecule is CCC(CC)N(CCOC)c1nccnc1C(N)=S. The summed E-state index contributed by atoms with van der Waals surface area (Å²) in [5.74, 6) is 0.751. The van der Waals surface area contributed by atoms with Gasteiger partial charge in [-0.1, -0.05) is 26.1 Å². The van der Waals surface area contributed by atoms with E-state index in [1.54, 1.807) is 19.5 Å². The summed E-state index contributed by atoms with van der Waals surface area (Å²) in [5, 5.41) is 0. The summed E-state index contributed by atoms with van der Waals surface area (Å²) in [6.07, 6.45) is 5.32. The molecule has 0 saturated carbocycles. The van der Waals surface area contributed by atoms with E-state index in [1.165, 1.54) is 0 Å². The second kappa shape index (κ2) is 8.01. The van der Waals surface area contributed by atoms with Crippen molar-refractivity contribution in [1.82, 2.24) is 9.97 Å². The second-order valence-corrected chi connectivity index (χ2v) is 4.69. The Morgan fingerprint density at radius 1 is 1.37 bits per heavy atom. The van der Waals surface area contributed by atoms with Gasteiger partial charge in [0.2, 0.25) is 0 Å². The van der Waals surface area contributed by atoms with Gasteiger partial charge in [-0.15, -0.1) is 0 Å². The van der Waals surface area contributed by atoms with Crippen LogP contribution >= 0.6 is 12.2 Å². The fraction of sp³-hybridized carbons (Fsp3) is 0.615. The smallest absolute Gasteiger partial charge is 0.157 e. The minimum absolute atomic E-state index is 0.275. The minimum Gasteiger partial charge on any atom is -0.388 e. The van der Waals surface area contributed by atoms with Gasteiger partial charge in [0.1, 0.15) is 10.7 Å². The maximum Gasteiger partial charge on any atom is 0.157 e. The normalized spacial score (nSPS) is 10.7. The molecule has 0 aliphatic rings. The molecule has 0 atom stereocenters. The van der Waals surface area contributed by atoms with Crippen LogP contribution in [0, 0.1) is 0 Å². The first-order valence-electron chi connectivity index (χ1n) is 6.52. The Labute approximate surface area is 120 Å². The molecule has 1 aromatic heterocycles. The molecule has 0 fully saturated rings. The van der Waals surface area contributed by atoms with Crippen LogP contribution in [-0.4, -0.2) is 41.3 Å². The number of thiocarbonyl (C=S) groups is 1. The maximum atomic E-state index is 5.74. The molecule has 5 nitrogen and oxygen atoms in total. The van der Waals surface area contributed by atoms with Crippen molar-refractivity contribution in [3.05, 3.63) is 18.1 Å². The van der Waals surface area contributed by atoms with Crippen LogP contribution in [-0.2, 0) is 4.74 Å². The van der Waals surface area contributed by atoms with Crippen LogP contribution in [0.1, 0.15) is 32.4 Å². The van der Waals surface area contributed by atoms with Gasteiger partial charge in [-0.25, -0.2) is 9.97 Å². The van der Waals surface area contributed by atoms with Gasteiger partial charge in [0.25, 0.3) is 0 Å². The van der Waals surface area contributed by atoms with Crippen molar-refractivity contribution in [3.63, 3.8) is 0 Å². The van der Waals surface area contributed by atoms with E-state index in [2.05, 4.69) is 28.7 Å². The average Bonchev–Trinajstić information content (AvgIpc) is 2.43. The first-order chi connectivity index (χ1) is 9.15. The number of anilines is 1. The Hall–Kier alpha value is -1.27. The lowest BCUT2D eigenvalue weighted by molar-refractivity contribution is 0.202. The molecule has 0 unspecified atom stereocenters. The largest absolute Gasteiger partial charge is 0.388 e. The standard InChI is InChI=1S/C13H22N4OS/c1-4-10(5-2)17(8-9-18-3)13-11(12(14)19)15-6-7-16-13/h6-7,10H,4-5,8-9H2,1-3H3,(H2,14,19). The molecule has 1 aromatic rings. The zero-order chi connectivity index (χ0) is 14.3. The van der Waals surface area contributed by atoms with Gasteiger partial charge in [-0.2, -0.15) is 0 Å². The predicted octanol–water partition coefficient (Wildman–Crippen LogP) is 1.75. The Kier molecular flexibility index (Phi) is 6.66. The number of methoxy groups -OCH3 is 1. The number of ether oxygens (including phenoxy) is 1. The fourth-order valence-electron chi connectivity index (χ4n) is 2.10. The van der Waals surface area contributed by atoms with Crippen LogP contribution in [0.3, 0.4) is 0 Å². The van der Waals surface area contributed by atoms with Crippen molar-refractivity contribution < 1.29 is 4.74 Å². The lowest BCUT2D eigenvalue weighted by atomic mass is 10.1. The number of rotatable bonds is 8. The molecule has 0 saturated heterocycles. The van der Waals surface area contributed by atoms with Crippen molar-refractivity contribution >= 4 is 23.0 Å². The third-order valence-electron chi connectivity index (χ3n) is 3.10. The summed E-state index contributed by atoms with van der Waals surface area (Å²) in [5.41, 5.74) is 6.32. The molecule has 0 aliphatic carbocycles. The summed E-state index contributed by atoms with van der Waals surface area (Å²) >= 11 is 5.06. The third kappa shape index (κ3) is 4.11. The highest BCUT2D eigenvalue weighted by Crippen LogP contribution is 2.20. The molecular weight excluding hydrogens is 260 g/mol. The lowest BCUT2D eigenvalue weighted by Gasteiger charge is -2.32. The molecule has 19 heavy (non-hydrogen) atoms. The monoisotopic (exact) mass is 282 g/mol.